The third kappa shape index (κ3) is 2.52. The Morgan fingerprint density at radius 2 is 1.96 bits per heavy atom. The van der Waals surface area contributed by atoms with E-state index in [4.69, 9.17) is 0 Å². The Bertz CT molecular complexity index is 1060. The van der Waals surface area contributed by atoms with Crippen molar-refractivity contribution in [2.45, 2.75) is 32.7 Å². The third-order valence-electron chi connectivity index (χ3n) is 4.84. The maximum Gasteiger partial charge on any atom is 0.341 e. The number of aromatic carboxylic acids is 1. The van der Waals surface area contributed by atoms with Crippen LogP contribution in [0.2, 0.25) is 0 Å². The Hall–Kier alpha value is -2.95. The highest BCUT2D eigenvalue weighted by molar-refractivity contribution is 5.95. The van der Waals surface area contributed by atoms with Crippen molar-refractivity contribution in [1.82, 2.24) is 9.55 Å². The molecule has 2 aromatic heterocycles. The van der Waals surface area contributed by atoms with Crippen molar-refractivity contribution >= 4 is 16.9 Å². The molecule has 0 spiro atoms. The van der Waals surface area contributed by atoms with Crippen molar-refractivity contribution in [2.24, 2.45) is 0 Å². The van der Waals surface area contributed by atoms with Crippen molar-refractivity contribution in [3.63, 3.8) is 0 Å². The molecule has 2 heterocycles. The summed E-state index contributed by atoms with van der Waals surface area (Å²) < 4.78 is 1.97. The minimum Gasteiger partial charge on any atom is -0.477 e. The van der Waals surface area contributed by atoms with Crippen LogP contribution in [0.25, 0.3) is 22.0 Å². The maximum atomic E-state index is 12.6. The molecule has 5 heteroatoms. The summed E-state index contributed by atoms with van der Waals surface area (Å²) in [6, 6.07) is 7.87. The van der Waals surface area contributed by atoms with Gasteiger partial charge >= 0.3 is 5.97 Å². The number of carboxylic acids is 1. The van der Waals surface area contributed by atoms with Crippen LogP contribution < -0.4 is 5.43 Å². The number of pyridine rings is 2. The molecule has 0 atom stereocenters. The van der Waals surface area contributed by atoms with Gasteiger partial charge in [0.1, 0.15) is 5.56 Å². The Labute approximate surface area is 144 Å². The number of carboxylic acid groups (broad SMARTS) is 1. The minimum absolute atomic E-state index is 0.163. The second-order valence-corrected chi connectivity index (χ2v) is 6.64. The molecule has 0 aliphatic heterocycles. The lowest BCUT2D eigenvalue weighted by Crippen LogP contribution is -2.19. The molecule has 0 radical (unpaired) electrons. The average molecular weight is 334 g/mol. The number of aromatic nitrogens is 2. The average Bonchev–Trinajstić information content (AvgIpc) is 3.41. The van der Waals surface area contributed by atoms with E-state index < -0.39 is 11.4 Å². The highest BCUT2D eigenvalue weighted by Gasteiger charge is 2.27. The van der Waals surface area contributed by atoms with Gasteiger partial charge in [-0.05, 0) is 49.9 Å². The zero-order chi connectivity index (χ0) is 17.7. The van der Waals surface area contributed by atoms with E-state index in [0.717, 1.165) is 40.7 Å². The van der Waals surface area contributed by atoms with Crippen molar-refractivity contribution in [2.75, 3.05) is 0 Å². The number of nitrogens with zero attached hydrogens (tertiary/aromatic N) is 2. The molecule has 1 aromatic carbocycles. The summed E-state index contributed by atoms with van der Waals surface area (Å²) in [6.45, 7) is 3.92. The fraction of sp³-hybridized carbons (Fsp3) is 0.250. The summed E-state index contributed by atoms with van der Waals surface area (Å²) in [5, 5.41) is 9.82. The van der Waals surface area contributed by atoms with Crippen molar-refractivity contribution in [3.05, 3.63) is 63.7 Å². The number of rotatable bonds is 3. The molecule has 1 N–H and O–H groups in total. The predicted octanol–water partition coefficient (Wildman–Crippen LogP) is 3.71. The van der Waals surface area contributed by atoms with Crippen molar-refractivity contribution in [3.8, 4) is 11.1 Å². The van der Waals surface area contributed by atoms with Crippen LogP contribution in [-0.2, 0) is 0 Å². The van der Waals surface area contributed by atoms with Crippen LogP contribution in [-0.4, -0.2) is 20.6 Å². The Balaban J connectivity index is 2.05. The first-order chi connectivity index (χ1) is 12.0. The second-order valence-electron chi connectivity index (χ2n) is 6.64. The van der Waals surface area contributed by atoms with Crippen LogP contribution in [0.3, 0.4) is 0 Å². The fourth-order valence-corrected chi connectivity index (χ4v) is 3.36. The largest absolute Gasteiger partial charge is 0.477 e. The summed E-state index contributed by atoms with van der Waals surface area (Å²) in [4.78, 5) is 28.4. The quantitative estimate of drug-likeness (QED) is 0.792. The Morgan fingerprint density at radius 1 is 1.20 bits per heavy atom. The second kappa shape index (κ2) is 5.55. The third-order valence-corrected chi connectivity index (χ3v) is 4.84. The smallest absolute Gasteiger partial charge is 0.341 e. The van der Waals surface area contributed by atoms with Gasteiger partial charge < -0.3 is 9.67 Å². The molecular weight excluding hydrogens is 316 g/mol. The predicted molar refractivity (Wildman–Crippen MR) is 96.1 cm³/mol. The molecule has 1 aliphatic rings. The summed E-state index contributed by atoms with van der Waals surface area (Å²) in [7, 11) is 0. The summed E-state index contributed by atoms with van der Waals surface area (Å²) in [5.74, 6) is -1.18. The van der Waals surface area contributed by atoms with Gasteiger partial charge in [0.05, 0.1) is 5.52 Å². The number of fused-ring (bicyclic) bond motifs is 1. The molecular formula is C20H18N2O3. The normalized spacial score (nSPS) is 14.0. The van der Waals surface area contributed by atoms with Gasteiger partial charge in [0.2, 0.25) is 5.43 Å². The lowest BCUT2D eigenvalue weighted by atomic mass is 9.97. The van der Waals surface area contributed by atoms with E-state index in [2.05, 4.69) is 4.98 Å². The molecule has 0 amide bonds. The van der Waals surface area contributed by atoms with E-state index in [9.17, 15) is 14.7 Å². The highest BCUT2D eigenvalue weighted by atomic mass is 16.4. The molecule has 0 unspecified atom stereocenters. The zero-order valence-electron chi connectivity index (χ0n) is 14.1. The van der Waals surface area contributed by atoms with Crippen LogP contribution >= 0.6 is 0 Å². The molecule has 1 saturated carbocycles. The van der Waals surface area contributed by atoms with Gasteiger partial charge in [0, 0.05) is 35.1 Å². The first-order valence-corrected chi connectivity index (χ1v) is 8.32. The number of benzene rings is 1. The minimum atomic E-state index is -1.18. The van der Waals surface area contributed by atoms with E-state index in [1.54, 1.807) is 6.07 Å². The van der Waals surface area contributed by atoms with Gasteiger partial charge in [-0.1, -0.05) is 12.1 Å². The van der Waals surface area contributed by atoms with Crippen LogP contribution in [0, 0.1) is 13.8 Å². The van der Waals surface area contributed by atoms with Gasteiger partial charge in [-0.2, -0.15) is 0 Å². The fourth-order valence-electron chi connectivity index (χ4n) is 3.36. The van der Waals surface area contributed by atoms with E-state index in [0.29, 0.717) is 5.39 Å². The standard InChI is InChI=1S/C20H18N2O3/c1-11-3-4-13(9-21-11)15-7-8-16-18(12(15)2)22(14-5-6-14)10-17(19(16)23)20(24)25/h3-4,7-10,14H,5-6H2,1-2H3,(H,24,25). The summed E-state index contributed by atoms with van der Waals surface area (Å²) in [6.07, 6.45) is 5.35. The van der Waals surface area contributed by atoms with Gasteiger partial charge in [-0.3, -0.25) is 9.78 Å². The van der Waals surface area contributed by atoms with Crippen LogP contribution in [0.5, 0.6) is 0 Å². The molecule has 1 aliphatic carbocycles. The van der Waals surface area contributed by atoms with Crippen LogP contribution in [0.15, 0.2) is 41.5 Å². The van der Waals surface area contributed by atoms with E-state index >= 15 is 0 Å². The molecule has 126 valence electrons. The van der Waals surface area contributed by atoms with Crippen molar-refractivity contribution in [1.29, 1.82) is 0 Å². The summed E-state index contributed by atoms with van der Waals surface area (Å²) in [5.41, 5.74) is 4.17. The molecule has 4 rings (SSSR count). The monoisotopic (exact) mass is 334 g/mol. The maximum absolute atomic E-state index is 12.6. The lowest BCUT2D eigenvalue weighted by Gasteiger charge is -2.16. The van der Waals surface area contributed by atoms with Gasteiger partial charge in [0.25, 0.3) is 0 Å². The Morgan fingerprint density at radius 3 is 2.56 bits per heavy atom. The molecule has 3 aromatic rings. The van der Waals surface area contributed by atoms with E-state index in [-0.39, 0.29) is 11.6 Å². The Kier molecular flexibility index (Phi) is 3.46. The molecule has 25 heavy (non-hydrogen) atoms. The van der Waals surface area contributed by atoms with E-state index in [1.807, 2.05) is 42.8 Å². The van der Waals surface area contributed by atoms with Gasteiger partial charge in [0.15, 0.2) is 0 Å². The van der Waals surface area contributed by atoms with E-state index in [1.165, 1.54) is 6.20 Å². The zero-order valence-corrected chi connectivity index (χ0v) is 14.1. The molecule has 5 nitrogen and oxygen atoms in total. The van der Waals surface area contributed by atoms with Crippen molar-refractivity contribution < 1.29 is 9.90 Å². The van der Waals surface area contributed by atoms with Crippen LogP contribution in [0.1, 0.15) is 40.5 Å². The first-order valence-electron chi connectivity index (χ1n) is 8.32. The number of hydrogen-bond acceptors (Lipinski definition) is 3. The number of hydrogen-bond donors (Lipinski definition) is 1. The SMILES string of the molecule is Cc1ccc(-c2ccc3c(=O)c(C(=O)O)cn(C4CC4)c3c2C)cn1. The first kappa shape index (κ1) is 15.6. The lowest BCUT2D eigenvalue weighted by molar-refractivity contribution is 0.0695. The topological polar surface area (TPSA) is 72.2 Å². The molecule has 1 fully saturated rings. The number of aryl methyl sites for hydroxylation is 2. The number of carbonyl (C=O) groups is 1. The van der Waals surface area contributed by atoms with Gasteiger partial charge in [-0.15, -0.1) is 0 Å². The summed E-state index contributed by atoms with van der Waals surface area (Å²) >= 11 is 0. The highest BCUT2D eigenvalue weighted by Crippen LogP contribution is 2.39. The molecule has 0 bridgehead atoms. The van der Waals surface area contributed by atoms with Crippen LogP contribution in [0.4, 0.5) is 0 Å². The molecule has 0 saturated heterocycles. The van der Waals surface area contributed by atoms with Gasteiger partial charge in [-0.25, -0.2) is 4.79 Å².